The van der Waals surface area contributed by atoms with Gasteiger partial charge in [-0.2, -0.15) is 0 Å². The minimum absolute atomic E-state index is 0.123. The molecule has 0 fully saturated rings. The van der Waals surface area contributed by atoms with E-state index in [4.69, 9.17) is 4.74 Å². The first kappa shape index (κ1) is 14.7. The average Bonchev–Trinajstić information content (AvgIpc) is 2.56. The zero-order valence-electron chi connectivity index (χ0n) is 12.6. The van der Waals surface area contributed by atoms with Crippen molar-refractivity contribution in [1.82, 2.24) is 9.97 Å². The van der Waals surface area contributed by atoms with Crippen molar-refractivity contribution in [2.75, 3.05) is 12.4 Å². The highest BCUT2D eigenvalue weighted by molar-refractivity contribution is 5.93. The largest absolute Gasteiger partial charge is 0.490 e. The monoisotopic (exact) mass is 310 g/mol. The smallest absolute Gasteiger partial charge is 0.311 e. The van der Waals surface area contributed by atoms with E-state index in [1.165, 1.54) is 25.6 Å². The second-order valence-electron chi connectivity index (χ2n) is 5.01. The molecule has 0 saturated carbocycles. The molecule has 0 aliphatic rings. The Bertz CT molecular complexity index is 878. The number of ether oxygens (including phenoxy) is 1. The van der Waals surface area contributed by atoms with Crippen LogP contribution in [0.25, 0.3) is 10.9 Å². The molecule has 1 heterocycles. The van der Waals surface area contributed by atoms with Gasteiger partial charge in [0.05, 0.1) is 22.9 Å². The number of rotatable bonds is 4. The Balaban J connectivity index is 2.11. The molecule has 0 bridgehead atoms. The Morgan fingerprint density at radius 3 is 2.57 bits per heavy atom. The molecule has 0 atom stereocenters. The third-order valence-electron chi connectivity index (χ3n) is 3.45. The van der Waals surface area contributed by atoms with Gasteiger partial charge < -0.3 is 10.1 Å². The van der Waals surface area contributed by atoms with E-state index in [1.807, 2.05) is 31.2 Å². The maximum Gasteiger partial charge on any atom is 0.311 e. The summed E-state index contributed by atoms with van der Waals surface area (Å²) in [6.07, 6.45) is 1.41. The molecule has 0 aliphatic heterocycles. The summed E-state index contributed by atoms with van der Waals surface area (Å²) < 4.78 is 5.06. The maximum absolute atomic E-state index is 11.2. The fourth-order valence-corrected chi connectivity index (χ4v) is 2.25. The fraction of sp³-hybridized carbons (Fsp3) is 0.125. The third-order valence-corrected chi connectivity index (χ3v) is 3.45. The van der Waals surface area contributed by atoms with Gasteiger partial charge in [0, 0.05) is 17.8 Å². The summed E-state index contributed by atoms with van der Waals surface area (Å²) in [4.78, 5) is 19.1. The summed E-state index contributed by atoms with van der Waals surface area (Å²) in [5, 5.41) is 14.9. The normalized spacial score (nSPS) is 10.5. The van der Waals surface area contributed by atoms with Crippen molar-refractivity contribution in [3.8, 4) is 5.75 Å². The van der Waals surface area contributed by atoms with Gasteiger partial charge in [0.2, 0.25) is 0 Å². The van der Waals surface area contributed by atoms with Crippen molar-refractivity contribution >= 4 is 28.1 Å². The van der Waals surface area contributed by atoms with Gasteiger partial charge in [-0.1, -0.05) is 17.7 Å². The molecule has 0 unspecified atom stereocenters. The summed E-state index contributed by atoms with van der Waals surface area (Å²) in [7, 11) is 1.39. The number of nitrogens with one attached hydrogen (secondary N) is 1. The minimum Gasteiger partial charge on any atom is -0.490 e. The van der Waals surface area contributed by atoms with Gasteiger partial charge >= 0.3 is 5.69 Å². The zero-order chi connectivity index (χ0) is 16.4. The maximum atomic E-state index is 11.2. The van der Waals surface area contributed by atoms with Crippen LogP contribution in [-0.2, 0) is 0 Å². The van der Waals surface area contributed by atoms with Crippen molar-refractivity contribution in [2.24, 2.45) is 0 Å². The van der Waals surface area contributed by atoms with Crippen molar-refractivity contribution in [2.45, 2.75) is 6.92 Å². The predicted octanol–water partition coefficient (Wildman–Crippen LogP) is 3.60. The second kappa shape index (κ2) is 5.88. The number of nitro benzene ring substituents is 1. The number of anilines is 2. The van der Waals surface area contributed by atoms with Crippen LogP contribution in [0.1, 0.15) is 5.56 Å². The molecular weight excluding hydrogens is 296 g/mol. The number of hydrogen-bond donors (Lipinski definition) is 1. The first-order valence-corrected chi connectivity index (χ1v) is 6.89. The van der Waals surface area contributed by atoms with Crippen LogP contribution in [0.2, 0.25) is 0 Å². The number of hydrogen-bond acceptors (Lipinski definition) is 6. The lowest BCUT2D eigenvalue weighted by molar-refractivity contribution is -0.385. The molecule has 1 N–H and O–H groups in total. The van der Waals surface area contributed by atoms with E-state index < -0.39 is 4.92 Å². The van der Waals surface area contributed by atoms with Gasteiger partial charge in [-0.25, -0.2) is 9.97 Å². The Morgan fingerprint density at radius 1 is 1.17 bits per heavy atom. The molecule has 7 heteroatoms. The number of benzene rings is 2. The molecule has 23 heavy (non-hydrogen) atoms. The highest BCUT2D eigenvalue weighted by Gasteiger charge is 2.18. The number of aromatic nitrogens is 2. The molecular formula is C16H14N4O3. The summed E-state index contributed by atoms with van der Waals surface area (Å²) >= 11 is 0. The van der Waals surface area contributed by atoms with Gasteiger partial charge in [-0.05, 0) is 19.1 Å². The van der Waals surface area contributed by atoms with E-state index in [-0.39, 0.29) is 11.4 Å². The van der Waals surface area contributed by atoms with Crippen molar-refractivity contribution in [3.05, 3.63) is 58.4 Å². The summed E-state index contributed by atoms with van der Waals surface area (Å²) in [5.74, 6) is 0.673. The van der Waals surface area contributed by atoms with E-state index in [9.17, 15) is 10.1 Å². The standard InChI is InChI=1S/C16H14N4O3/c1-10-3-5-11(6-4-10)19-16-12-7-14(20(21)22)15(23-2)8-13(12)17-9-18-16/h3-9H,1-2H3,(H,17,18,19). The number of fused-ring (bicyclic) bond motifs is 1. The number of nitro groups is 1. The van der Waals surface area contributed by atoms with Crippen LogP contribution in [0, 0.1) is 17.0 Å². The SMILES string of the molecule is COc1cc2ncnc(Nc3ccc(C)cc3)c2cc1[N+](=O)[O-]. The Labute approximate surface area is 132 Å². The lowest BCUT2D eigenvalue weighted by Crippen LogP contribution is -1.99. The minimum atomic E-state index is -0.485. The van der Waals surface area contributed by atoms with Crippen molar-refractivity contribution in [1.29, 1.82) is 0 Å². The lowest BCUT2D eigenvalue weighted by Gasteiger charge is -2.10. The molecule has 0 radical (unpaired) electrons. The molecule has 3 aromatic rings. The molecule has 116 valence electrons. The molecule has 0 amide bonds. The Hall–Kier alpha value is -3.22. The van der Waals surface area contributed by atoms with E-state index >= 15 is 0 Å². The Kier molecular flexibility index (Phi) is 3.76. The quantitative estimate of drug-likeness (QED) is 0.585. The molecule has 0 aliphatic carbocycles. The van der Waals surface area contributed by atoms with Gasteiger partial charge in [-0.3, -0.25) is 10.1 Å². The summed E-state index contributed by atoms with van der Waals surface area (Å²) in [6.45, 7) is 2.00. The highest BCUT2D eigenvalue weighted by atomic mass is 16.6. The molecule has 0 saturated heterocycles. The van der Waals surface area contributed by atoms with Crippen molar-refractivity contribution in [3.63, 3.8) is 0 Å². The van der Waals surface area contributed by atoms with Gasteiger partial charge in [0.15, 0.2) is 5.75 Å². The second-order valence-corrected chi connectivity index (χ2v) is 5.01. The first-order chi connectivity index (χ1) is 11.1. The lowest BCUT2D eigenvalue weighted by atomic mass is 10.2. The van der Waals surface area contributed by atoms with E-state index in [0.717, 1.165) is 11.3 Å². The molecule has 7 nitrogen and oxygen atoms in total. The van der Waals surface area contributed by atoms with Crippen LogP contribution in [0.4, 0.5) is 17.2 Å². The van der Waals surface area contributed by atoms with Gasteiger partial charge in [0.1, 0.15) is 12.1 Å². The number of nitrogens with zero attached hydrogens (tertiary/aromatic N) is 3. The Morgan fingerprint density at radius 2 is 1.91 bits per heavy atom. The molecule has 0 spiro atoms. The topological polar surface area (TPSA) is 90.2 Å². The highest BCUT2D eigenvalue weighted by Crippen LogP contribution is 2.34. The summed E-state index contributed by atoms with van der Waals surface area (Å²) in [6, 6.07) is 10.7. The van der Waals surface area contributed by atoms with Crippen LogP contribution in [0.5, 0.6) is 5.75 Å². The fourth-order valence-electron chi connectivity index (χ4n) is 2.25. The molecule has 3 rings (SSSR count). The van der Waals surface area contributed by atoms with E-state index in [1.54, 1.807) is 0 Å². The number of aryl methyl sites for hydroxylation is 1. The van der Waals surface area contributed by atoms with E-state index in [2.05, 4.69) is 15.3 Å². The van der Waals surface area contributed by atoms with Gasteiger partial charge in [-0.15, -0.1) is 0 Å². The van der Waals surface area contributed by atoms with Crippen molar-refractivity contribution < 1.29 is 9.66 Å². The zero-order valence-corrected chi connectivity index (χ0v) is 12.6. The molecule has 1 aromatic heterocycles. The number of methoxy groups -OCH3 is 1. The average molecular weight is 310 g/mol. The van der Waals surface area contributed by atoms with Crippen LogP contribution < -0.4 is 10.1 Å². The van der Waals surface area contributed by atoms with Crippen LogP contribution >= 0.6 is 0 Å². The third kappa shape index (κ3) is 2.89. The summed E-state index contributed by atoms with van der Waals surface area (Å²) in [5.41, 5.74) is 2.43. The first-order valence-electron chi connectivity index (χ1n) is 6.89. The predicted molar refractivity (Wildman–Crippen MR) is 87.2 cm³/mol. The molecule has 2 aromatic carbocycles. The van der Waals surface area contributed by atoms with Crippen LogP contribution in [0.15, 0.2) is 42.7 Å². The van der Waals surface area contributed by atoms with Crippen LogP contribution in [0.3, 0.4) is 0 Å². The van der Waals surface area contributed by atoms with Crippen LogP contribution in [-0.4, -0.2) is 22.0 Å². The van der Waals surface area contributed by atoms with E-state index in [0.29, 0.717) is 16.7 Å². The van der Waals surface area contributed by atoms with Gasteiger partial charge in [0.25, 0.3) is 0 Å².